The average molecular weight is 336 g/mol. The van der Waals surface area contributed by atoms with Gasteiger partial charge in [-0.25, -0.2) is 8.42 Å². The number of aromatic nitrogens is 2. The molecule has 1 saturated heterocycles. The number of halogens is 1. The number of aryl methyl sites for hydroxylation is 2. The highest BCUT2D eigenvalue weighted by Crippen LogP contribution is 2.20. The maximum absolute atomic E-state index is 11.5. The van der Waals surface area contributed by atoms with Crippen LogP contribution in [0.1, 0.15) is 24.2 Å². The standard InChI is InChI=1S/C11H18BrN3O2S/c1-8-11(12)10(15(2)14-8)6-13-9-4-3-5-18(16,17)7-9/h9,13H,3-7H2,1-2H3. The summed E-state index contributed by atoms with van der Waals surface area (Å²) in [4.78, 5) is 0. The highest BCUT2D eigenvalue weighted by atomic mass is 79.9. The van der Waals surface area contributed by atoms with E-state index in [1.807, 2.05) is 18.7 Å². The monoisotopic (exact) mass is 335 g/mol. The molecule has 1 fully saturated rings. The largest absolute Gasteiger partial charge is 0.307 e. The number of rotatable bonds is 3. The van der Waals surface area contributed by atoms with E-state index in [1.54, 1.807) is 0 Å². The van der Waals surface area contributed by atoms with Crippen molar-refractivity contribution in [2.75, 3.05) is 11.5 Å². The van der Waals surface area contributed by atoms with Crippen LogP contribution >= 0.6 is 15.9 Å². The summed E-state index contributed by atoms with van der Waals surface area (Å²) in [7, 11) is -0.953. The molecule has 2 heterocycles. The lowest BCUT2D eigenvalue weighted by atomic mass is 10.2. The van der Waals surface area contributed by atoms with Crippen LogP contribution in [0.5, 0.6) is 0 Å². The Morgan fingerprint density at radius 1 is 1.56 bits per heavy atom. The number of sulfone groups is 1. The van der Waals surface area contributed by atoms with E-state index in [2.05, 4.69) is 26.3 Å². The SMILES string of the molecule is Cc1nn(C)c(CNC2CCCS(=O)(=O)C2)c1Br. The molecule has 1 unspecified atom stereocenters. The van der Waals surface area contributed by atoms with Crippen LogP contribution in [0.25, 0.3) is 0 Å². The third-order valence-corrected chi connectivity index (χ3v) is 6.14. The van der Waals surface area contributed by atoms with Crippen molar-refractivity contribution in [1.82, 2.24) is 15.1 Å². The highest BCUT2D eigenvalue weighted by Gasteiger charge is 2.24. The maximum Gasteiger partial charge on any atom is 0.151 e. The third kappa shape index (κ3) is 3.13. The summed E-state index contributed by atoms with van der Waals surface area (Å²) >= 11 is 3.51. The summed E-state index contributed by atoms with van der Waals surface area (Å²) in [5.74, 6) is 0.584. The van der Waals surface area contributed by atoms with Crippen molar-refractivity contribution in [3.8, 4) is 0 Å². The van der Waals surface area contributed by atoms with Crippen molar-refractivity contribution < 1.29 is 8.42 Å². The van der Waals surface area contributed by atoms with Gasteiger partial charge in [-0.15, -0.1) is 0 Å². The second kappa shape index (κ2) is 5.30. The highest BCUT2D eigenvalue weighted by molar-refractivity contribution is 9.10. The van der Waals surface area contributed by atoms with Crippen molar-refractivity contribution >= 4 is 25.8 Å². The van der Waals surface area contributed by atoms with Gasteiger partial charge in [-0.2, -0.15) is 5.10 Å². The van der Waals surface area contributed by atoms with Crippen LogP contribution in [0, 0.1) is 6.92 Å². The molecule has 0 aromatic carbocycles. The molecule has 1 aromatic heterocycles. The summed E-state index contributed by atoms with van der Waals surface area (Å²) in [6.07, 6.45) is 1.68. The Labute approximate surface area is 116 Å². The second-order valence-corrected chi connectivity index (χ2v) is 7.83. The van der Waals surface area contributed by atoms with E-state index in [-0.39, 0.29) is 11.8 Å². The van der Waals surface area contributed by atoms with Crippen LogP contribution in [0.4, 0.5) is 0 Å². The molecule has 0 radical (unpaired) electrons. The Balaban J connectivity index is 1.99. The van der Waals surface area contributed by atoms with E-state index >= 15 is 0 Å². The summed E-state index contributed by atoms with van der Waals surface area (Å²) < 4.78 is 25.9. The van der Waals surface area contributed by atoms with E-state index in [9.17, 15) is 8.42 Å². The molecule has 0 saturated carbocycles. The first kappa shape index (κ1) is 14.0. The summed E-state index contributed by atoms with van der Waals surface area (Å²) in [5.41, 5.74) is 2.00. The molecule has 1 atom stereocenters. The molecule has 102 valence electrons. The van der Waals surface area contributed by atoms with Gasteiger partial charge in [0.05, 0.1) is 27.4 Å². The fourth-order valence-corrected chi connectivity index (χ4v) is 4.44. The third-order valence-electron chi connectivity index (χ3n) is 3.28. The van der Waals surface area contributed by atoms with Gasteiger partial charge in [-0.05, 0) is 35.7 Å². The predicted octanol–water partition coefficient (Wildman–Crippen LogP) is 1.16. The first-order valence-corrected chi connectivity index (χ1v) is 8.62. The maximum atomic E-state index is 11.5. The molecule has 0 spiro atoms. The fraction of sp³-hybridized carbons (Fsp3) is 0.727. The first-order chi connectivity index (χ1) is 8.39. The predicted molar refractivity (Wildman–Crippen MR) is 74.2 cm³/mol. The average Bonchev–Trinajstić information content (AvgIpc) is 2.50. The van der Waals surface area contributed by atoms with Crippen LogP contribution < -0.4 is 5.32 Å². The number of nitrogens with one attached hydrogen (secondary N) is 1. The van der Waals surface area contributed by atoms with Crippen molar-refractivity contribution in [1.29, 1.82) is 0 Å². The minimum atomic E-state index is -2.85. The molecule has 5 nitrogen and oxygen atoms in total. The first-order valence-electron chi connectivity index (χ1n) is 6.01. The zero-order valence-electron chi connectivity index (χ0n) is 10.6. The fourth-order valence-electron chi connectivity index (χ4n) is 2.30. The second-order valence-electron chi connectivity index (χ2n) is 4.80. The summed E-state index contributed by atoms with van der Waals surface area (Å²) in [6.45, 7) is 2.58. The van der Waals surface area contributed by atoms with Crippen molar-refractivity contribution in [2.24, 2.45) is 7.05 Å². The van der Waals surface area contributed by atoms with Crippen LogP contribution in [-0.2, 0) is 23.4 Å². The smallest absolute Gasteiger partial charge is 0.151 e. The molecule has 1 aliphatic rings. The van der Waals surface area contributed by atoms with E-state index < -0.39 is 9.84 Å². The van der Waals surface area contributed by atoms with Gasteiger partial charge in [0.2, 0.25) is 0 Å². The van der Waals surface area contributed by atoms with Gasteiger partial charge in [0.15, 0.2) is 9.84 Å². The Morgan fingerprint density at radius 3 is 2.83 bits per heavy atom. The lowest BCUT2D eigenvalue weighted by Gasteiger charge is -2.23. The zero-order valence-corrected chi connectivity index (χ0v) is 13.0. The summed E-state index contributed by atoms with van der Waals surface area (Å²) in [6, 6.07) is 0.0610. The van der Waals surface area contributed by atoms with E-state index in [4.69, 9.17) is 0 Å². The Morgan fingerprint density at radius 2 is 2.28 bits per heavy atom. The van der Waals surface area contributed by atoms with E-state index in [0.29, 0.717) is 12.3 Å². The Bertz CT molecular complexity index is 539. The van der Waals surface area contributed by atoms with Gasteiger partial charge < -0.3 is 5.32 Å². The van der Waals surface area contributed by atoms with Crippen LogP contribution in [0.15, 0.2) is 4.47 Å². The molecular formula is C11H18BrN3O2S. The number of nitrogens with zero attached hydrogens (tertiary/aromatic N) is 2. The number of hydrogen-bond acceptors (Lipinski definition) is 4. The molecule has 1 aliphatic heterocycles. The lowest BCUT2D eigenvalue weighted by molar-refractivity contribution is 0.471. The van der Waals surface area contributed by atoms with Gasteiger partial charge >= 0.3 is 0 Å². The van der Waals surface area contributed by atoms with Gasteiger partial charge in [0.25, 0.3) is 0 Å². The Hall–Kier alpha value is -0.400. The van der Waals surface area contributed by atoms with Crippen molar-refractivity contribution in [3.05, 3.63) is 15.9 Å². The molecule has 0 aliphatic carbocycles. The molecule has 1 N–H and O–H groups in total. The quantitative estimate of drug-likeness (QED) is 0.900. The summed E-state index contributed by atoms with van der Waals surface area (Å²) in [5, 5.41) is 7.63. The minimum absolute atomic E-state index is 0.0610. The van der Waals surface area contributed by atoms with Gasteiger partial charge in [0, 0.05) is 19.6 Å². The molecule has 0 amide bonds. The van der Waals surface area contributed by atoms with E-state index in [1.165, 1.54) is 0 Å². The topological polar surface area (TPSA) is 64.0 Å². The molecule has 0 bridgehead atoms. The Kier molecular flexibility index (Phi) is 4.13. The van der Waals surface area contributed by atoms with Crippen molar-refractivity contribution in [3.63, 3.8) is 0 Å². The molecule has 1 aromatic rings. The zero-order chi connectivity index (χ0) is 13.3. The molecule has 2 rings (SSSR count). The van der Waals surface area contributed by atoms with Crippen LogP contribution in [-0.4, -0.2) is 35.7 Å². The van der Waals surface area contributed by atoms with E-state index in [0.717, 1.165) is 28.7 Å². The van der Waals surface area contributed by atoms with Crippen LogP contribution in [0.3, 0.4) is 0 Å². The van der Waals surface area contributed by atoms with Gasteiger partial charge in [0.1, 0.15) is 0 Å². The van der Waals surface area contributed by atoms with Gasteiger partial charge in [-0.1, -0.05) is 0 Å². The minimum Gasteiger partial charge on any atom is -0.307 e. The van der Waals surface area contributed by atoms with Crippen molar-refractivity contribution in [2.45, 2.75) is 32.4 Å². The normalized spacial score (nSPS) is 23.2. The van der Waals surface area contributed by atoms with Crippen LogP contribution in [0.2, 0.25) is 0 Å². The molecule has 7 heteroatoms. The lowest BCUT2D eigenvalue weighted by Crippen LogP contribution is -2.40. The van der Waals surface area contributed by atoms with Gasteiger partial charge in [-0.3, -0.25) is 4.68 Å². The number of hydrogen-bond donors (Lipinski definition) is 1. The molecular weight excluding hydrogens is 318 g/mol. The molecule has 18 heavy (non-hydrogen) atoms.